The van der Waals surface area contributed by atoms with E-state index >= 15 is 0 Å². The van der Waals surface area contributed by atoms with Crippen LogP contribution in [0.25, 0.3) is 0 Å². The lowest BCUT2D eigenvalue weighted by atomic mass is 9.98. The van der Waals surface area contributed by atoms with E-state index in [1.54, 1.807) is 6.08 Å². The Morgan fingerprint density at radius 3 is 1.61 bits per heavy atom. The summed E-state index contributed by atoms with van der Waals surface area (Å²) in [5.41, 5.74) is 0. The van der Waals surface area contributed by atoms with E-state index in [9.17, 15) is 33.6 Å². The zero-order chi connectivity index (χ0) is 36.8. The molecular weight excluding hydrogens is 660 g/mol. The molecule has 18 nitrogen and oxygen atoms in total. The lowest BCUT2D eigenvalue weighted by Gasteiger charge is -2.44. The van der Waals surface area contributed by atoms with Crippen LogP contribution in [0.4, 0.5) is 0 Å². The van der Waals surface area contributed by atoms with Crippen molar-refractivity contribution in [2.75, 3.05) is 19.8 Å². The second-order valence-electron chi connectivity index (χ2n) is 11.0. The average Bonchev–Trinajstić information content (AvgIpc) is 3.29. The van der Waals surface area contributed by atoms with Gasteiger partial charge in [0, 0.05) is 48.5 Å². The second-order valence-corrected chi connectivity index (χ2v) is 11.0. The molecule has 0 amide bonds. The predicted molar refractivity (Wildman–Crippen MR) is 159 cm³/mol. The van der Waals surface area contributed by atoms with Crippen molar-refractivity contribution in [3.05, 3.63) is 12.7 Å². The summed E-state index contributed by atoms with van der Waals surface area (Å²) in [4.78, 5) is 84.5. The van der Waals surface area contributed by atoms with Gasteiger partial charge in [0.2, 0.25) is 0 Å². The molecule has 276 valence electrons. The Bertz CT molecular complexity index is 1200. The molecule has 0 N–H and O–H groups in total. The molecule has 2 rings (SSSR count). The minimum Gasteiger partial charge on any atom is -0.463 e. The summed E-state index contributed by atoms with van der Waals surface area (Å²) in [6, 6.07) is 0. The molecular formula is C31H44O18. The molecule has 0 spiro atoms. The molecule has 49 heavy (non-hydrogen) atoms. The summed E-state index contributed by atoms with van der Waals surface area (Å²) in [6.45, 7) is 10.3. The Labute approximate surface area is 282 Å². The normalized spacial score (nSPS) is 28.3. The molecule has 2 saturated heterocycles. The van der Waals surface area contributed by atoms with Crippen LogP contribution in [-0.2, 0) is 85.7 Å². The molecule has 18 heteroatoms. The lowest BCUT2D eigenvalue weighted by Crippen LogP contribution is -2.63. The minimum atomic E-state index is -1.64. The zero-order valence-electron chi connectivity index (χ0n) is 28.4. The van der Waals surface area contributed by atoms with Gasteiger partial charge in [0.15, 0.2) is 49.2 Å². The SMILES string of the molecule is C=CCCCO[C@H]1O[C@@H](C(CO[C@H]2OC(COC(C)=O)[C@@H](OC(C)=O)C(OC(C)=O)C2OC(C)=O)OC(C)=O)C(OC(C)=O)C1OC(C)=O. The highest BCUT2D eigenvalue weighted by Gasteiger charge is 2.56. The number of esters is 7. The van der Waals surface area contributed by atoms with Crippen molar-refractivity contribution in [2.24, 2.45) is 0 Å². The topological polar surface area (TPSA) is 221 Å². The summed E-state index contributed by atoms with van der Waals surface area (Å²) < 4.78 is 61.3. The fourth-order valence-corrected chi connectivity index (χ4v) is 5.07. The largest absolute Gasteiger partial charge is 0.463 e. The fraction of sp³-hybridized carbons (Fsp3) is 0.710. The Hall–Kier alpha value is -4.13. The molecule has 2 fully saturated rings. The minimum absolute atomic E-state index is 0.132. The highest BCUT2D eigenvalue weighted by Crippen LogP contribution is 2.34. The first kappa shape index (κ1) is 41.0. The van der Waals surface area contributed by atoms with Crippen LogP contribution in [0.2, 0.25) is 0 Å². The van der Waals surface area contributed by atoms with Crippen molar-refractivity contribution in [1.82, 2.24) is 0 Å². The van der Waals surface area contributed by atoms with E-state index in [1.807, 2.05) is 0 Å². The predicted octanol–water partition coefficient (Wildman–Crippen LogP) is 0.589. The Kier molecular flexibility index (Phi) is 16.6. The van der Waals surface area contributed by atoms with Crippen LogP contribution < -0.4 is 0 Å². The molecule has 6 unspecified atom stereocenters. The summed E-state index contributed by atoms with van der Waals surface area (Å²) in [6.07, 6.45) is -11.4. The highest BCUT2D eigenvalue weighted by atomic mass is 16.8. The molecule has 10 atom stereocenters. The van der Waals surface area contributed by atoms with E-state index < -0.39 is 116 Å². The third-order valence-electron chi connectivity index (χ3n) is 6.70. The van der Waals surface area contributed by atoms with E-state index in [4.69, 9.17) is 52.1 Å². The van der Waals surface area contributed by atoms with Crippen molar-refractivity contribution in [2.45, 2.75) is 123 Å². The number of allylic oxidation sites excluding steroid dienone is 1. The van der Waals surface area contributed by atoms with Gasteiger partial charge in [-0.05, 0) is 12.8 Å². The number of hydrogen-bond donors (Lipinski definition) is 0. The van der Waals surface area contributed by atoms with E-state index in [1.165, 1.54) is 0 Å². The van der Waals surface area contributed by atoms with Gasteiger partial charge >= 0.3 is 41.8 Å². The van der Waals surface area contributed by atoms with Gasteiger partial charge in [-0.3, -0.25) is 33.6 Å². The standard InChI is InChI=1S/C31H44O18/c1-9-10-11-12-39-30-28(46-20(7)37)27(45-19(6)36)25(49-30)22(42-16(3)33)14-41-31-29(47-21(8)38)26(44-18(5)35)24(43-17(4)34)23(48-31)13-40-15(2)32/h9,22-31H,1,10-14H2,2-8H3/t22?,23?,24-,25+,26?,27?,28?,29?,30+,31+/m1/s1. The molecule has 2 heterocycles. The van der Waals surface area contributed by atoms with Crippen molar-refractivity contribution >= 4 is 41.8 Å². The maximum Gasteiger partial charge on any atom is 0.303 e. The van der Waals surface area contributed by atoms with Gasteiger partial charge in [0.25, 0.3) is 0 Å². The van der Waals surface area contributed by atoms with Crippen LogP contribution >= 0.6 is 0 Å². The quantitative estimate of drug-likeness (QED) is 0.0875. The molecule has 0 aromatic carbocycles. The third kappa shape index (κ3) is 13.4. The Morgan fingerprint density at radius 1 is 0.612 bits per heavy atom. The molecule has 0 saturated carbocycles. The molecule has 0 aromatic rings. The van der Waals surface area contributed by atoms with Gasteiger partial charge < -0.3 is 52.1 Å². The second kappa shape index (κ2) is 19.8. The van der Waals surface area contributed by atoms with E-state index in [2.05, 4.69) is 6.58 Å². The van der Waals surface area contributed by atoms with Gasteiger partial charge in [-0.2, -0.15) is 0 Å². The number of unbranched alkanes of at least 4 members (excludes halogenated alkanes) is 1. The summed E-state index contributed by atoms with van der Waals surface area (Å²) in [5, 5.41) is 0. The fourth-order valence-electron chi connectivity index (χ4n) is 5.07. The van der Waals surface area contributed by atoms with Crippen LogP contribution in [-0.4, -0.2) is 123 Å². The van der Waals surface area contributed by atoms with Crippen LogP contribution in [0, 0.1) is 0 Å². The number of hydrogen-bond acceptors (Lipinski definition) is 18. The zero-order valence-corrected chi connectivity index (χ0v) is 28.4. The lowest BCUT2D eigenvalue weighted by molar-refractivity contribution is -0.313. The number of ether oxygens (including phenoxy) is 11. The van der Waals surface area contributed by atoms with Gasteiger partial charge in [-0.15, -0.1) is 6.58 Å². The van der Waals surface area contributed by atoms with E-state index in [-0.39, 0.29) is 6.61 Å². The maximum absolute atomic E-state index is 12.3. The third-order valence-corrected chi connectivity index (χ3v) is 6.70. The molecule has 2 aliphatic rings. The number of rotatable bonds is 17. The van der Waals surface area contributed by atoms with Gasteiger partial charge in [-0.25, -0.2) is 0 Å². The van der Waals surface area contributed by atoms with Crippen molar-refractivity contribution in [1.29, 1.82) is 0 Å². The van der Waals surface area contributed by atoms with Gasteiger partial charge in [-0.1, -0.05) is 6.08 Å². The summed E-state index contributed by atoms with van der Waals surface area (Å²) >= 11 is 0. The first-order valence-corrected chi connectivity index (χ1v) is 15.4. The first-order valence-electron chi connectivity index (χ1n) is 15.4. The van der Waals surface area contributed by atoms with E-state index in [0.717, 1.165) is 48.5 Å². The molecule has 0 bridgehead atoms. The van der Waals surface area contributed by atoms with Crippen molar-refractivity contribution in [3.8, 4) is 0 Å². The van der Waals surface area contributed by atoms with Crippen LogP contribution in [0.15, 0.2) is 12.7 Å². The molecule has 0 radical (unpaired) electrons. The average molecular weight is 705 g/mol. The van der Waals surface area contributed by atoms with Crippen LogP contribution in [0.1, 0.15) is 61.3 Å². The number of carbonyl (C=O) groups excluding carboxylic acids is 7. The monoisotopic (exact) mass is 704 g/mol. The van der Waals surface area contributed by atoms with Crippen LogP contribution in [0.5, 0.6) is 0 Å². The Morgan fingerprint density at radius 2 is 1.10 bits per heavy atom. The van der Waals surface area contributed by atoms with Gasteiger partial charge in [0.05, 0.1) is 13.2 Å². The highest BCUT2D eigenvalue weighted by molar-refractivity contribution is 5.69. The summed E-state index contributed by atoms with van der Waals surface area (Å²) in [5.74, 6) is -5.63. The van der Waals surface area contributed by atoms with Gasteiger partial charge in [0.1, 0.15) is 18.8 Å². The summed E-state index contributed by atoms with van der Waals surface area (Å²) in [7, 11) is 0. The first-order chi connectivity index (χ1) is 23.0. The Balaban J connectivity index is 2.51. The molecule has 0 aliphatic carbocycles. The number of carbonyl (C=O) groups is 7. The van der Waals surface area contributed by atoms with Crippen molar-refractivity contribution < 1.29 is 85.7 Å². The molecule has 0 aromatic heterocycles. The smallest absolute Gasteiger partial charge is 0.303 e. The van der Waals surface area contributed by atoms with E-state index in [0.29, 0.717) is 12.8 Å². The van der Waals surface area contributed by atoms with Crippen LogP contribution in [0.3, 0.4) is 0 Å². The maximum atomic E-state index is 12.3. The van der Waals surface area contributed by atoms with Crippen molar-refractivity contribution in [3.63, 3.8) is 0 Å². The molecule has 2 aliphatic heterocycles.